The molecule has 1 aromatic rings. The van der Waals surface area contributed by atoms with Crippen LogP contribution in [0.5, 0.6) is 0 Å². The average Bonchev–Trinajstić information content (AvgIpc) is 2.31. The summed E-state index contributed by atoms with van der Waals surface area (Å²) in [6.07, 6.45) is -0.202. The lowest BCUT2D eigenvalue weighted by Gasteiger charge is -2.07. The molecule has 1 N–H and O–H groups in total. The van der Waals surface area contributed by atoms with E-state index in [-0.39, 0.29) is 13.0 Å². The standard InChI is InChI=1S/C10H11F2NO4S/c1-17-10(14)4-5-13-18(15,16)9-6-7(11)2-3-8(9)12/h2-3,6,13H,4-5H2,1H3. The molecule has 0 spiro atoms. The molecule has 0 aliphatic heterocycles. The molecule has 100 valence electrons. The first kappa shape index (κ1) is 14.5. The average molecular weight is 279 g/mol. The van der Waals surface area contributed by atoms with Crippen LogP contribution >= 0.6 is 0 Å². The highest BCUT2D eigenvalue weighted by atomic mass is 32.2. The second-order valence-electron chi connectivity index (χ2n) is 3.30. The minimum absolute atomic E-state index is 0.202. The van der Waals surface area contributed by atoms with E-state index < -0.39 is 32.5 Å². The van der Waals surface area contributed by atoms with Crippen molar-refractivity contribution in [3.8, 4) is 0 Å². The van der Waals surface area contributed by atoms with Crippen LogP contribution in [0, 0.1) is 11.6 Å². The van der Waals surface area contributed by atoms with Gasteiger partial charge in [-0.05, 0) is 18.2 Å². The Morgan fingerprint density at radius 3 is 2.67 bits per heavy atom. The first-order valence-corrected chi connectivity index (χ1v) is 6.36. The Labute approximate surface area is 103 Å². The molecule has 0 saturated heterocycles. The molecular formula is C10H11F2NO4S. The monoisotopic (exact) mass is 279 g/mol. The number of rotatable bonds is 5. The number of ether oxygens (including phenoxy) is 1. The maximum atomic E-state index is 13.2. The highest BCUT2D eigenvalue weighted by Gasteiger charge is 2.19. The number of halogens is 2. The van der Waals surface area contributed by atoms with E-state index in [0.717, 1.165) is 13.2 Å². The van der Waals surface area contributed by atoms with E-state index >= 15 is 0 Å². The minimum atomic E-state index is -4.19. The molecule has 0 aliphatic rings. The molecule has 8 heteroatoms. The zero-order chi connectivity index (χ0) is 13.8. The normalized spacial score (nSPS) is 11.3. The fourth-order valence-electron chi connectivity index (χ4n) is 1.15. The van der Waals surface area contributed by atoms with Crippen LogP contribution in [0.25, 0.3) is 0 Å². The molecule has 0 heterocycles. The maximum absolute atomic E-state index is 13.2. The molecule has 5 nitrogen and oxygen atoms in total. The molecule has 0 radical (unpaired) electrons. The van der Waals surface area contributed by atoms with Crippen LogP contribution in [0.2, 0.25) is 0 Å². The lowest BCUT2D eigenvalue weighted by atomic mass is 10.3. The van der Waals surface area contributed by atoms with E-state index in [1.165, 1.54) is 0 Å². The van der Waals surface area contributed by atoms with Crippen molar-refractivity contribution in [1.82, 2.24) is 4.72 Å². The largest absolute Gasteiger partial charge is 0.469 e. The van der Waals surface area contributed by atoms with E-state index in [4.69, 9.17) is 0 Å². The SMILES string of the molecule is COC(=O)CCNS(=O)(=O)c1cc(F)ccc1F. The van der Waals surface area contributed by atoms with Gasteiger partial charge in [-0.2, -0.15) is 0 Å². The van der Waals surface area contributed by atoms with Crippen molar-refractivity contribution in [2.24, 2.45) is 0 Å². The summed E-state index contributed by atoms with van der Waals surface area (Å²) in [5.74, 6) is -2.55. The Morgan fingerprint density at radius 1 is 1.39 bits per heavy atom. The highest BCUT2D eigenvalue weighted by Crippen LogP contribution is 2.15. The first-order valence-electron chi connectivity index (χ1n) is 4.88. The molecule has 0 atom stereocenters. The fourth-order valence-corrected chi connectivity index (χ4v) is 2.27. The van der Waals surface area contributed by atoms with Crippen molar-refractivity contribution in [3.05, 3.63) is 29.8 Å². The maximum Gasteiger partial charge on any atom is 0.306 e. The van der Waals surface area contributed by atoms with Gasteiger partial charge < -0.3 is 4.74 Å². The Morgan fingerprint density at radius 2 is 2.06 bits per heavy atom. The van der Waals surface area contributed by atoms with Crippen molar-refractivity contribution < 1.29 is 26.7 Å². The van der Waals surface area contributed by atoms with Crippen molar-refractivity contribution in [2.75, 3.05) is 13.7 Å². The Bertz CT molecular complexity index is 545. The predicted molar refractivity (Wildman–Crippen MR) is 58.2 cm³/mol. The van der Waals surface area contributed by atoms with Gasteiger partial charge in [0.2, 0.25) is 10.0 Å². The number of carbonyl (C=O) groups is 1. The topological polar surface area (TPSA) is 72.5 Å². The molecule has 0 amide bonds. The number of sulfonamides is 1. The quantitative estimate of drug-likeness (QED) is 0.809. The van der Waals surface area contributed by atoms with Crippen LogP contribution in [0.1, 0.15) is 6.42 Å². The summed E-state index contributed by atoms with van der Waals surface area (Å²) in [5.41, 5.74) is 0. The lowest BCUT2D eigenvalue weighted by molar-refractivity contribution is -0.140. The third kappa shape index (κ3) is 3.74. The van der Waals surface area contributed by atoms with Crippen LogP contribution < -0.4 is 4.72 Å². The lowest BCUT2D eigenvalue weighted by Crippen LogP contribution is -2.27. The summed E-state index contributed by atoms with van der Waals surface area (Å²) in [5, 5.41) is 0. The van der Waals surface area contributed by atoms with Crippen molar-refractivity contribution in [3.63, 3.8) is 0 Å². The van der Waals surface area contributed by atoms with Gasteiger partial charge in [0.1, 0.15) is 16.5 Å². The molecule has 0 saturated carbocycles. The summed E-state index contributed by atoms with van der Waals surface area (Å²) < 4.78 is 55.6. The van der Waals surface area contributed by atoms with E-state index in [2.05, 4.69) is 4.74 Å². The number of methoxy groups -OCH3 is 1. The number of nitrogens with one attached hydrogen (secondary N) is 1. The number of esters is 1. The number of carbonyl (C=O) groups excluding carboxylic acids is 1. The van der Waals surface area contributed by atoms with Gasteiger partial charge in [0, 0.05) is 6.54 Å². The number of benzene rings is 1. The van der Waals surface area contributed by atoms with Gasteiger partial charge in [-0.3, -0.25) is 4.79 Å². The van der Waals surface area contributed by atoms with Crippen LogP contribution in [0.4, 0.5) is 8.78 Å². The van der Waals surface area contributed by atoms with Crippen molar-refractivity contribution >= 4 is 16.0 Å². The van der Waals surface area contributed by atoms with Gasteiger partial charge in [-0.25, -0.2) is 21.9 Å². The Hall–Kier alpha value is -1.54. The minimum Gasteiger partial charge on any atom is -0.469 e. The molecular weight excluding hydrogens is 268 g/mol. The molecule has 1 rings (SSSR count). The van der Waals surface area contributed by atoms with E-state index in [0.29, 0.717) is 12.1 Å². The number of hydrogen-bond acceptors (Lipinski definition) is 4. The fraction of sp³-hybridized carbons (Fsp3) is 0.300. The second-order valence-corrected chi connectivity index (χ2v) is 5.03. The van der Waals surface area contributed by atoms with Gasteiger partial charge in [-0.1, -0.05) is 0 Å². The molecule has 18 heavy (non-hydrogen) atoms. The number of hydrogen-bond donors (Lipinski definition) is 1. The van der Waals surface area contributed by atoms with Gasteiger partial charge in [0.15, 0.2) is 0 Å². The molecule has 0 unspecified atom stereocenters. The van der Waals surface area contributed by atoms with Crippen LogP contribution in [-0.2, 0) is 19.6 Å². The van der Waals surface area contributed by atoms with Crippen molar-refractivity contribution in [2.45, 2.75) is 11.3 Å². The zero-order valence-corrected chi connectivity index (χ0v) is 10.3. The van der Waals surface area contributed by atoms with Gasteiger partial charge >= 0.3 is 5.97 Å². The first-order chi connectivity index (χ1) is 8.36. The molecule has 0 bridgehead atoms. The third-order valence-electron chi connectivity index (χ3n) is 2.03. The summed E-state index contributed by atoms with van der Waals surface area (Å²) in [7, 11) is -3.03. The molecule has 0 aromatic heterocycles. The van der Waals surface area contributed by atoms with Gasteiger partial charge in [-0.15, -0.1) is 0 Å². The second kappa shape index (κ2) is 5.87. The third-order valence-corrected chi connectivity index (χ3v) is 3.51. The van der Waals surface area contributed by atoms with Gasteiger partial charge in [0.25, 0.3) is 0 Å². The van der Waals surface area contributed by atoms with E-state index in [1.807, 2.05) is 4.72 Å². The summed E-state index contributed by atoms with van der Waals surface area (Å²) in [6, 6.07) is 2.09. The molecule has 0 aliphatic carbocycles. The summed E-state index contributed by atoms with van der Waals surface area (Å²) in [4.78, 5) is 9.97. The predicted octanol–water partition coefficient (Wildman–Crippen LogP) is 0.806. The van der Waals surface area contributed by atoms with E-state index in [9.17, 15) is 22.0 Å². The van der Waals surface area contributed by atoms with Crippen molar-refractivity contribution in [1.29, 1.82) is 0 Å². The zero-order valence-electron chi connectivity index (χ0n) is 9.44. The van der Waals surface area contributed by atoms with Crippen LogP contribution in [0.3, 0.4) is 0 Å². The van der Waals surface area contributed by atoms with E-state index in [1.54, 1.807) is 0 Å². The van der Waals surface area contributed by atoms with Crippen LogP contribution in [0.15, 0.2) is 23.1 Å². The van der Waals surface area contributed by atoms with Crippen LogP contribution in [-0.4, -0.2) is 28.0 Å². The molecule has 0 fully saturated rings. The van der Waals surface area contributed by atoms with Gasteiger partial charge in [0.05, 0.1) is 13.5 Å². The molecule has 1 aromatic carbocycles. The Balaban J connectivity index is 2.80. The summed E-state index contributed by atoms with van der Waals surface area (Å²) >= 11 is 0. The highest BCUT2D eigenvalue weighted by molar-refractivity contribution is 7.89. The summed E-state index contributed by atoms with van der Waals surface area (Å²) in [6.45, 7) is -0.259. The smallest absolute Gasteiger partial charge is 0.306 e. The Kier molecular flexibility index (Phi) is 4.74.